The molecule has 3 aliphatic heterocycles. The number of carbonyl (C=O) groups excluding carboxylic acids is 2. The number of nitrogens with two attached hydrogens (primary N) is 1. The van der Waals surface area contributed by atoms with Crippen molar-refractivity contribution in [3.63, 3.8) is 0 Å². The number of benzene rings is 2. The lowest BCUT2D eigenvalue weighted by atomic mass is 9.99. The number of likely N-dealkylation sites (tertiary alicyclic amines) is 1. The van der Waals surface area contributed by atoms with Crippen molar-refractivity contribution in [3.05, 3.63) is 69.1 Å². The Balaban J connectivity index is 1.12. The lowest BCUT2D eigenvalue weighted by Crippen LogP contribution is -2.59. The van der Waals surface area contributed by atoms with Crippen molar-refractivity contribution in [3.8, 4) is 11.4 Å². The van der Waals surface area contributed by atoms with Crippen LogP contribution in [0.4, 0.5) is 10.5 Å². The second kappa shape index (κ2) is 14.9. The first kappa shape index (κ1) is 33.0. The minimum absolute atomic E-state index is 0.0827. The van der Waals surface area contributed by atoms with Crippen molar-refractivity contribution in [1.82, 2.24) is 40.1 Å². The lowest BCUT2D eigenvalue weighted by Gasteiger charge is -2.42. The number of H-pyrrole nitrogens is 1. The molecule has 252 valence electrons. The first-order chi connectivity index (χ1) is 22.8. The number of hydrogen-bond donors (Lipinski definition) is 4. The Morgan fingerprint density at radius 1 is 0.979 bits per heavy atom. The fraction of sp³-hybridized carbons (Fsp3) is 0.529. The molecule has 13 heteroatoms. The van der Waals surface area contributed by atoms with Gasteiger partial charge in [-0.1, -0.05) is 54.9 Å². The van der Waals surface area contributed by atoms with E-state index >= 15 is 0 Å². The van der Waals surface area contributed by atoms with Crippen molar-refractivity contribution >= 4 is 29.2 Å². The minimum Gasteiger partial charge on any atom is -0.397 e. The molecule has 3 saturated heterocycles. The summed E-state index contributed by atoms with van der Waals surface area (Å²) in [5.74, 6) is 0.448. The summed E-state index contributed by atoms with van der Waals surface area (Å²) in [6.45, 7) is 7.90. The summed E-state index contributed by atoms with van der Waals surface area (Å²) >= 11 is 6.48. The van der Waals surface area contributed by atoms with Gasteiger partial charge in [-0.3, -0.25) is 14.7 Å². The topological polar surface area (TPSA) is 145 Å². The van der Waals surface area contributed by atoms with Gasteiger partial charge in [0, 0.05) is 57.3 Å². The van der Waals surface area contributed by atoms with Gasteiger partial charge < -0.3 is 26.2 Å². The predicted octanol–water partition coefficient (Wildman–Crippen LogP) is 2.89. The highest BCUT2D eigenvalue weighted by atomic mass is 35.5. The highest BCUT2D eigenvalue weighted by Crippen LogP contribution is 2.27. The summed E-state index contributed by atoms with van der Waals surface area (Å²) in [5.41, 5.74) is 9.11. The van der Waals surface area contributed by atoms with Gasteiger partial charge in [0.2, 0.25) is 5.91 Å². The summed E-state index contributed by atoms with van der Waals surface area (Å²) in [4.78, 5) is 49.5. The monoisotopic (exact) mass is 663 g/mol. The Bertz CT molecular complexity index is 1590. The first-order valence-corrected chi connectivity index (χ1v) is 17.3. The zero-order chi connectivity index (χ0) is 32.9. The summed E-state index contributed by atoms with van der Waals surface area (Å²) < 4.78 is 1.50. The average Bonchev–Trinajstić information content (AvgIpc) is 3.51. The molecule has 3 aliphatic rings. The molecule has 4 heterocycles. The zero-order valence-electron chi connectivity index (χ0n) is 27.1. The summed E-state index contributed by atoms with van der Waals surface area (Å²) in [5, 5.41) is 11.5. The Hall–Kier alpha value is -3.87. The number of amides is 3. The van der Waals surface area contributed by atoms with Gasteiger partial charge in [-0.2, -0.15) is 0 Å². The van der Waals surface area contributed by atoms with Crippen LogP contribution in [0.1, 0.15) is 49.8 Å². The maximum Gasteiger partial charge on any atom is 0.343 e. The van der Waals surface area contributed by atoms with Crippen LogP contribution in [-0.4, -0.2) is 106 Å². The Labute approximate surface area is 280 Å². The smallest absolute Gasteiger partial charge is 0.343 e. The quantitative estimate of drug-likeness (QED) is 0.271. The van der Waals surface area contributed by atoms with E-state index in [-0.39, 0.29) is 23.7 Å². The van der Waals surface area contributed by atoms with E-state index in [1.54, 1.807) is 11.0 Å². The molecule has 3 fully saturated rings. The number of carbonyl (C=O) groups is 2. The van der Waals surface area contributed by atoms with E-state index in [9.17, 15) is 14.4 Å². The Kier molecular flexibility index (Phi) is 10.5. The highest BCUT2D eigenvalue weighted by molar-refractivity contribution is 6.33. The van der Waals surface area contributed by atoms with Gasteiger partial charge >= 0.3 is 11.7 Å². The molecule has 0 unspecified atom stereocenters. The number of aryl methyl sites for hydroxylation is 1. The molecule has 47 heavy (non-hydrogen) atoms. The lowest BCUT2D eigenvalue weighted by molar-refractivity contribution is -0.135. The van der Waals surface area contributed by atoms with E-state index in [0.29, 0.717) is 74.4 Å². The van der Waals surface area contributed by atoms with Crippen molar-refractivity contribution < 1.29 is 9.59 Å². The molecule has 0 saturated carbocycles. The number of piperidine rings is 2. The first-order valence-electron chi connectivity index (χ1n) is 16.9. The average molecular weight is 664 g/mol. The fourth-order valence-electron chi connectivity index (χ4n) is 7.15. The van der Waals surface area contributed by atoms with Crippen LogP contribution in [0.5, 0.6) is 0 Å². The van der Waals surface area contributed by atoms with Gasteiger partial charge in [-0.15, -0.1) is 5.10 Å². The third-order valence-electron chi connectivity index (χ3n) is 9.93. The number of aromatic amines is 1. The van der Waals surface area contributed by atoms with E-state index in [4.69, 9.17) is 17.3 Å². The van der Waals surface area contributed by atoms with Crippen molar-refractivity contribution in [2.45, 2.75) is 63.6 Å². The van der Waals surface area contributed by atoms with E-state index in [2.05, 4.69) is 25.6 Å². The number of piperazine rings is 1. The number of urea groups is 1. The van der Waals surface area contributed by atoms with Crippen LogP contribution in [-0.2, 0) is 17.6 Å². The van der Waals surface area contributed by atoms with Crippen molar-refractivity contribution in [2.24, 2.45) is 0 Å². The van der Waals surface area contributed by atoms with Crippen molar-refractivity contribution in [1.29, 1.82) is 0 Å². The molecule has 2 aromatic carbocycles. The second-order valence-corrected chi connectivity index (χ2v) is 13.3. The molecule has 3 aromatic rings. The molecule has 0 spiro atoms. The molecular formula is C34H46ClN9O3. The third-order valence-corrected chi connectivity index (χ3v) is 10.2. The Morgan fingerprint density at radius 3 is 2.36 bits per heavy atom. The van der Waals surface area contributed by atoms with Gasteiger partial charge in [0.15, 0.2) is 5.82 Å². The van der Waals surface area contributed by atoms with Gasteiger partial charge in [-0.25, -0.2) is 14.3 Å². The van der Waals surface area contributed by atoms with Gasteiger partial charge in [0.1, 0.15) is 6.04 Å². The zero-order valence-corrected chi connectivity index (χ0v) is 27.8. The Morgan fingerprint density at radius 2 is 1.68 bits per heavy atom. The third kappa shape index (κ3) is 7.66. The highest BCUT2D eigenvalue weighted by Gasteiger charge is 2.33. The fourth-order valence-corrected chi connectivity index (χ4v) is 7.41. The minimum atomic E-state index is -0.752. The second-order valence-electron chi connectivity index (χ2n) is 12.9. The number of nitrogens with zero attached hydrogens (tertiary/aromatic N) is 5. The van der Waals surface area contributed by atoms with Crippen LogP contribution in [0, 0.1) is 0 Å². The van der Waals surface area contributed by atoms with E-state index in [1.807, 2.05) is 48.2 Å². The molecule has 1 atom stereocenters. The molecule has 3 amide bonds. The molecule has 0 bridgehead atoms. The number of halogens is 1. The van der Waals surface area contributed by atoms with Crippen LogP contribution in [0.3, 0.4) is 0 Å². The van der Waals surface area contributed by atoms with Crippen LogP contribution in [0.15, 0.2) is 47.3 Å². The van der Waals surface area contributed by atoms with E-state index in [0.717, 1.165) is 55.7 Å². The molecule has 0 radical (unpaired) electrons. The SMILES string of the molecule is CCc1cc(C[C@@H](NC(=O)N2CCC(n3nc(-c4ccccc4)[nH]c3=O)CC2)C(=O)N2CCN(C3CCNCC3)CC2)cc(Cl)c1N. The molecular weight excluding hydrogens is 618 g/mol. The van der Waals surface area contributed by atoms with Gasteiger partial charge in [0.25, 0.3) is 0 Å². The van der Waals surface area contributed by atoms with E-state index in [1.165, 1.54) is 4.68 Å². The molecule has 0 aliphatic carbocycles. The molecule has 5 N–H and O–H groups in total. The molecule has 1 aromatic heterocycles. The molecule has 6 rings (SSSR count). The summed E-state index contributed by atoms with van der Waals surface area (Å²) in [6, 6.07) is 12.7. The normalized spacial score (nSPS) is 19.1. The number of nitrogens with one attached hydrogen (secondary N) is 3. The number of anilines is 1. The van der Waals surface area contributed by atoms with Gasteiger partial charge in [-0.05, 0) is 62.4 Å². The standard InChI is InChI=1S/C34H46ClN9O3/c1-2-24-20-23(21-28(35)30(24)36)22-29(32(45)42-18-16-41(17-19-42)26-8-12-37-13-9-26)38-33(46)43-14-10-27(11-15-43)44-34(47)39-31(40-44)25-6-4-3-5-7-25/h3-7,20-21,26-27,29,37H,2,8-19,22,36H2,1H3,(H,38,46)(H,39,40,47)/t29-/m1/s1. The largest absolute Gasteiger partial charge is 0.397 e. The number of nitrogen functional groups attached to an aromatic ring is 1. The van der Waals surface area contributed by atoms with Crippen LogP contribution in [0.25, 0.3) is 11.4 Å². The number of aromatic nitrogens is 3. The van der Waals surface area contributed by atoms with Gasteiger partial charge in [0.05, 0.1) is 16.8 Å². The number of rotatable bonds is 8. The summed E-state index contributed by atoms with van der Waals surface area (Å²) in [7, 11) is 0. The predicted molar refractivity (Wildman–Crippen MR) is 183 cm³/mol. The van der Waals surface area contributed by atoms with Crippen molar-refractivity contribution in [2.75, 3.05) is 58.1 Å². The van der Waals surface area contributed by atoms with Crippen LogP contribution >= 0.6 is 11.6 Å². The van der Waals surface area contributed by atoms with Crippen LogP contribution < -0.4 is 22.1 Å². The summed E-state index contributed by atoms with van der Waals surface area (Å²) in [6.07, 6.45) is 4.44. The maximum absolute atomic E-state index is 14.1. The molecule has 12 nitrogen and oxygen atoms in total. The van der Waals surface area contributed by atoms with Crippen LogP contribution in [0.2, 0.25) is 5.02 Å². The van der Waals surface area contributed by atoms with E-state index < -0.39 is 6.04 Å². The maximum atomic E-state index is 14.1. The number of hydrogen-bond acceptors (Lipinski definition) is 7.